The fraction of sp³-hybridized carbons (Fsp3) is 0.176. The molecule has 0 atom stereocenters. The molecule has 0 radical (unpaired) electrons. The molecule has 136 valence electrons. The number of hydrogen-bond donors (Lipinski definition) is 2. The lowest BCUT2D eigenvalue weighted by Gasteiger charge is -2.12. The summed E-state index contributed by atoms with van der Waals surface area (Å²) < 4.78 is 5.51. The lowest BCUT2D eigenvalue weighted by atomic mass is 10.2. The van der Waals surface area contributed by atoms with Crippen LogP contribution in [0.3, 0.4) is 0 Å². The molecule has 0 aromatic heterocycles. The van der Waals surface area contributed by atoms with Crippen molar-refractivity contribution in [1.82, 2.24) is 5.32 Å². The van der Waals surface area contributed by atoms with Gasteiger partial charge in [-0.15, -0.1) is 0 Å². The first kappa shape index (κ1) is 19.6. The Balaban J connectivity index is 2.02. The summed E-state index contributed by atoms with van der Waals surface area (Å²) in [7, 11) is 0. The highest BCUT2D eigenvalue weighted by molar-refractivity contribution is 7.80. The van der Waals surface area contributed by atoms with Gasteiger partial charge in [0.1, 0.15) is 5.75 Å². The van der Waals surface area contributed by atoms with Crippen LogP contribution in [0.4, 0.5) is 11.4 Å². The molecule has 0 saturated heterocycles. The molecule has 26 heavy (non-hydrogen) atoms. The fourth-order valence-electron chi connectivity index (χ4n) is 2.01. The summed E-state index contributed by atoms with van der Waals surface area (Å²) >= 11 is 11.1. The fourth-order valence-corrected chi connectivity index (χ4v) is 2.38. The summed E-state index contributed by atoms with van der Waals surface area (Å²) in [5.74, 6) is 0.223. The number of amides is 1. The zero-order valence-electron chi connectivity index (χ0n) is 14.0. The quantitative estimate of drug-likeness (QED) is 0.450. The van der Waals surface area contributed by atoms with Crippen molar-refractivity contribution < 1.29 is 14.5 Å². The molecule has 0 saturated carbocycles. The van der Waals surface area contributed by atoms with E-state index in [1.54, 1.807) is 24.3 Å². The summed E-state index contributed by atoms with van der Waals surface area (Å²) in [5.41, 5.74) is 0.467. The number of nitrogens with zero attached hydrogens (tertiary/aromatic N) is 1. The monoisotopic (exact) mass is 393 g/mol. The maximum absolute atomic E-state index is 12.2. The third-order valence-electron chi connectivity index (χ3n) is 3.12. The molecular weight excluding hydrogens is 378 g/mol. The third kappa shape index (κ3) is 5.40. The number of non-ortho nitro benzene ring substituents is 1. The van der Waals surface area contributed by atoms with Crippen LogP contribution in [0.15, 0.2) is 42.5 Å². The topological polar surface area (TPSA) is 93.5 Å². The molecule has 0 aliphatic heterocycles. The standard InChI is InChI=1S/C17H16ClN3O4S/c1-10(2)25-13-6-3-11(4-7-13)16(22)20-17(26)19-15-9-12(21(23)24)5-8-14(15)18/h3-10H,1-2H3,(H2,19,20,22,26). The normalized spacial score (nSPS) is 10.3. The van der Waals surface area contributed by atoms with E-state index in [0.29, 0.717) is 11.3 Å². The molecule has 1 amide bonds. The van der Waals surface area contributed by atoms with Crippen molar-refractivity contribution in [2.45, 2.75) is 20.0 Å². The Kier molecular flexibility index (Phi) is 6.48. The number of halogens is 1. The molecule has 7 nitrogen and oxygen atoms in total. The van der Waals surface area contributed by atoms with E-state index in [4.69, 9.17) is 28.6 Å². The van der Waals surface area contributed by atoms with Crippen molar-refractivity contribution >= 4 is 46.2 Å². The minimum absolute atomic E-state index is 0.0279. The van der Waals surface area contributed by atoms with Gasteiger partial charge in [0.15, 0.2) is 5.11 Å². The lowest BCUT2D eigenvalue weighted by Crippen LogP contribution is -2.34. The van der Waals surface area contributed by atoms with Gasteiger partial charge < -0.3 is 10.1 Å². The van der Waals surface area contributed by atoms with Crippen LogP contribution in [0.2, 0.25) is 5.02 Å². The number of nitro benzene ring substituents is 1. The third-order valence-corrected chi connectivity index (χ3v) is 3.66. The Morgan fingerprint density at radius 3 is 2.46 bits per heavy atom. The summed E-state index contributed by atoms with van der Waals surface area (Å²) in [6.07, 6.45) is 0.0335. The number of benzene rings is 2. The van der Waals surface area contributed by atoms with Crippen molar-refractivity contribution in [3.05, 3.63) is 63.2 Å². The van der Waals surface area contributed by atoms with Crippen molar-refractivity contribution in [3.8, 4) is 5.75 Å². The summed E-state index contributed by atoms with van der Waals surface area (Å²) in [4.78, 5) is 22.5. The van der Waals surface area contributed by atoms with E-state index in [-0.39, 0.29) is 27.6 Å². The second-order valence-electron chi connectivity index (χ2n) is 5.52. The number of carbonyl (C=O) groups excluding carboxylic acids is 1. The van der Waals surface area contributed by atoms with Gasteiger partial charge in [-0.05, 0) is 56.4 Å². The van der Waals surface area contributed by atoms with E-state index >= 15 is 0 Å². The molecule has 2 aromatic carbocycles. The van der Waals surface area contributed by atoms with E-state index < -0.39 is 10.8 Å². The molecule has 0 aliphatic rings. The highest BCUT2D eigenvalue weighted by Crippen LogP contribution is 2.26. The number of ether oxygens (including phenoxy) is 1. The second-order valence-corrected chi connectivity index (χ2v) is 6.34. The van der Waals surface area contributed by atoms with Crippen molar-refractivity contribution in [3.63, 3.8) is 0 Å². The van der Waals surface area contributed by atoms with E-state index in [9.17, 15) is 14.9 Å². The first-order valence-electron chi connectivity index (χ1n) is 7.59. The molecule has 0 bridgehead atoms. The number of rotatable bonds is 5. The molecule has 0 spiro atoms. The Morgan fingerprint density at radius 1 is 1.23 bits per heavy atom. The van der Waals surface area contributed by atoms with Crippen molar-refractivity contribution in [2.24, 2.45) is 0 Å². The number of thiocarbonyl (C=S) groups is 1. The number of nitrogens with one attached hydrogen (secondary N) is 2. The number of anilines is 1. The van der Waals surface area contributed by atoms with Gasteiger partial charge in [-0.2, -0.15) is 0 Å². The predicted molar refractivity (Wildman–Crippen MR) is 104 cm³/mol. The first-order chi connectivity index (χ1) is 12.3. The lowest BCUT2D eigenvalue weighted by molar-refractivity contribution is -0.384. The van der Waals surface area contributed by atoms with Gasteiger partial charge in [0.05, 0.1) is 21.7 Å². The summed E-state index contributed by atoms with van der Waals surface area (Å²) in [6.45, 7) is 3.81. The average molecular weight is 394 g/mol. The highest BCUT2D eigenvalue weighted by Gasteiger charge is 2.13. The molecular formula is C17H16ClN3O4S. The molecule has 0 fully saturated rings. The Labute approximate surface area is 160 Å². The molecule has 0 unspecified atom stereocenters. The number of carbonyl (C=O) groups is 1. The Morgan fingerprint density at radius 2 is 1.88 bits per heavy atom. The summed E-state index contributed by atoms with van der Waals surface area (Å²) in [6, 6.07) is 10.5. The van der Waals surface area contributed by atoms with Gasteiger partial charge >= 0.3 is 0 Å². The van der Waals surface area contributed by atoms with E-state index in [2.05, 4.69) is 10.6 Å². The number of nitro groups is 1. The molecule has 2 aromatic rings. The van der Waals surface area contributed by atoms with Gasteiger partial charge in [-0.3, -0.25) is 20.2 Å². The largest absolute Gasteiger partial charge is 0.491 e. The molecule has 0 aliphatic carbocycles. The molecule has 0 heterocycles. The van der Waals surface area contributed by atoms with Crippen molar-refractivity contribution in [2.75, 3.05) is 5.32 Å². The minimum atomic E-state index is -0.552. The van der Waals surface area contributed by atoms with Crippen LogP contribution in [0.5, 0.6) is 5.75 Å². The molecule has 2 rings (SSSR count). The zero-order valence-corrected chi connectivity index (χ0v) is 15.6. The van der Waals surface area contributed by atoms with Crippen LogP contribution >= 0.6 is 23.8 Å². The van der Waals surface area contributed by atoms with E-state index in [1.807, 2.05) is 13.8 Å². The van der Waals surface area contributed by atoms with Crippen molar-refractivity contribution in [1.29, 1.82) is 0 Å². The minimum Gasteiger partial charge on any atom is -0.491 e. The van der Waals surface area contributed by atoms with Crippen LogP contribution in [0.25, 0.3) is 0 Å². The van der Waals surface area contributed by atoms with Gasteiger partial charge in [-0.1, -0.05) is 11.6 Å². The van der Waals surface area contributed by atoms with E-state index in [0.717, 1.165) is 0 Å². The Hall–Kier alpha value is -2.71. The van der Waals surface area contributed by atoms with Crippen LogP contribution in [-0.4, -0.2) is 22.0 Å². The molecule has 9 heteroatoms. The van der Waals surface area contributed by atoms with Crippen LogP contribution in [0, 0.1) is 10.1 Å². The maximum atomic E-state index is 12.2. The van der Waals surface area contributed by atoms with Crippen LogP contribution in [-0.2, 0) is 0 Å². The summed E-state index contributed by atoms with van der Waals surface area (Å²) in [5, 5.41) is 16.2. The average Bonchev–Trinajstić information content (AvgIpc) is 2.56. The van der Waals surface area contributed by atoms with Crippen LogP contribution < -0.4 is 15.4 Å². The van der Waals surface area contributed by atoms with Crippen LogP contribution in [0.1, 0.15) is 24.2 Å². The molecule has 2 N–H and O–H groups in total. The van der Waals surface area contributed by atoms with Gasteiger partial charge in [0.2, 0.25) is 0 Å². The van der Waals surface area contributed by atoms with Gasteiger partial charge in [-0.25, -0.2) is 0 Å². The van der Waals surface area contributed by atoms with Gasteiger partial charge in [0.25, 0.3) is 11.6 Å². The van der Waals surface area contributed by atoms with E-state index in [1.165, 1.54) is 18.2 Å². The maximum Gasteiger partial charge on any atom is 0.271 e. The smallest absolute Gasteiger partial charge is 0.271 e. The SMILES string of the molecule is CC(C)Oc1ccc(C(=O)NC(=S)Nc2cc([N+](=O)[O-])ccc2Cl)cc1. The second kappa shape index (κ2) is 8.59. The highest BCUT2D eigenvalue weighted by atomic mass is 35.5. The zero-order chi connectivity index (χ0) is 19.3. The Bertz CT molecular complexity index is 840. The number of hydrogen-bond acceptors (Lipinski definition) is 5. The first-order valence-corrected chi connectivity index (χ1v) is 8.38. The predicted octanol–water partition coefficient (Wildman–Crippen LogP) is 4.16. The van der Waals surface area contributed by atoms with Gasteiger partial charge in [0, 0.05) is 17.7 Å².